The van der Waals surface area contributed by atoms with E-state index in [1.807, 2.05) is 48.5 Å². The summed E-state index contributed by atoms with van der Waals surface area (Å²) in [5.41, 5.74) is 0.275. The van der Waals surface area contributed by atoms with Crippen LogP contribution in [0.25, 0.3) is 0 Å². The molecule has 1 aromatic rings. The topological polar surface area (TPSA) is 186 Å². The molecule has 0 saturated heterocycles. The van der Waals surface area contributed by atoms with Gasteiger partial charge in [0.2, 0.25) is 23.6 Å². The van der Waals surface area contributed by atoms with Crippen LogP contribution in [0.3, 0.4) is 0 Å². The van der Waals surface area contributed by atoms with Crippen molar-refractivity contribution in [3.05, 3.63) is 29.8 Å². The van der Waals surface area contributed by atoms with Gasteiger partial charge in [0.25, 0.3) is 5.91 Å². The predicted molar refractivity (Wildman–Crippen MR) is 180 cm³/mol. The molecule has 1 rings (SSSR count). The molecule has 0 radical (unpaired) electrons. The number of aromatic hydroxyl groups is 1. The van der Waals surface area contributed by atoms with Crippen LogP contribution in [0.2, 0.25) is 0 Å². The Bertz CT molecular complexity index is 1110. The largest absolute Gasteiger partial charge is 0.508 e. The number of likely N-dealkylation sites (N-methyl/N-ethyl adjacent to an activating group) is 1. The molecule has 0 fully saturated rings. The zero-order valence-corrected chi connectivity index (χ0v) is 28.1. The number of carbonyl (C=O) groups excluding carboxylic acids is 5. The highest BCUT2D eigenvalue weighted by atomic mass is 16.3. The third kappa shape index (κ3) is 14.2. The third-order valence-corrected chi connectivity index (χ3v) is 7.65. The van der Waals surface area contributed by atoms with Crippen molar-refractivity contribution in [1.82, 2.24) is 26.6 Å². The number of amides is 5. The number of nitrogens with one attached hydrogen (secondary N) is 5. The van der Waals surface area contributed by atoms with Crippen LogP contribution in [-0.2, 0) is 19.2 Å². The Morgan fingerprint density at radius 1 is 0.783 bits per heavy atom. The minimum atomic E-state index is -1.24. The van der Waals surface area contributed by atoms with Crippen molar-refractivity contribution < 1.29 is 34.2 Å². The van der Waals surface area contributed by atoms with Crippen molar-refractivity contribution in [3.8, 4) is 5.75 Å². The van der Waals surface area contributed by atoms with Gasteiger partial charge in [0.1, 0.15) is 23.9 Å². The molecule has 0 spiro atoms. The monoisotopic (exact) mass is 649 g/mol. The van der Waals surface area contributed by atoms with Gasteiger partial charge in [-0.15, -0.1) is 0 Å². The average molecular weight is 650 g/mol. The lowest BCUT2D eigenvalue weighted by molar-refractivity contribution is -0.133. The first-order valence-electron chi connectivity index (χ1n) is 16.1. The van der Waals surface area contributed by atoms with Crippen LogP contribution in [0, 0.1) is 17.8 Å². The van der Waals surface area contributed by atoms with Crippen LogP contribution in [0.5, 0.6) is 5.75 Å². The second-order valence-electron chi connectivity index (χ2n) is 12.4. The summed E-state index contributed by atoms with van der Waals surface area (Å²) in [5.74, 6) is -2.69. The van der Waals surface area contributed by atoms with Gasteiger partial charge in [0.05, 0.1) is 18.6 Å². The molecule has 12 heteroatoms. The van der Waals surface area contributed by atoms with E-state index in [0.29, 0.717) is 32.2 Å². The maximum Gasteiger partial charge on any atom is 0.251 e. The first-order chi connectivity index (χ1) is 21.1. The standard InChI is InChI=1S/C33H55N5O7.CH4/c1-9-12-24(35-33(45)29(21(8)10-2)38-30(42)22-13-15-23(39)16-14-22)31(43)36-25(17-19(4)5)26(40)18-27(41)37-28(20(6)7)32(44)34-11-3;/h13-16,19-21,24-26,28-29,39-40H,9-12,17-18H2,1-8H3,(H,34,44)(H,35,45)(H,36,43)(H,37,41)(H,38,42);1H4/t21-,24-,25-,26-,28-,29-;/m0./s1. The molecule has 0 unspecified atom stereocenters. The van der Waals surface area contributed by atoms with Gasteiger partial charge >= 0.3 is 0 Å². The van der Waals surface area contributed by atoms with Gasteiger partial charge in [-0.1, -0.05) is 68.7 Å². The predicted octanol–water partition coefficient (Wildman–Crippen LogP) is 3.02. The van der Waals surface area contributed by atoms with E-state index in [1.54, 1.807) is 6.92 Å². The molecule has 12 nitrogen and oxygen atoms in total. The number of rotatable bonds is 19. The minimum Gasteiger partial charge on any atom is -0.508 e. The molecule has 0 heterocycles. The molecule has 6 atom stereocenters. The van der Waals surface area contributed by atoms with Crippen molar-refractivity contribution in [2.24, 2.45) is 17.8 Å². The Morgan fingerprint density at radius 3 is 1.89 bits per heavy atom. The zero-order valence-electron chi connectivity index (χ0n) is 28.1. The number of phenolic OH excluding ortho intramolecular Hbond substituents is 1. The minimum absolute atomic E-state index is 0. The summed E-state index contributed by atoms with van der Waals surface area (Å²) in [6.45, 7) is 15.3. The molecule has 46 heavy (non-hydrogen) atoms. The van der Waals surface area contributed by atoms with E-state index in [-0.39, 0.29) is 48.8 Å². The lowest BCUT2D eigenvalue weighted by Gasteiger charge is -2.30. The van der Waals surface area contributed by atoms with Crippen molar-refractivity contribution in [2.75, 3.05) is 6.54 Å². The SMILES string of the molecule is C.CCC[C@H](NC(=O)[C@@H](NC(=O)c1ccc(O)cc1)[C@@H](C)CC)C(=O)N[C@@H](CC(C)C)[C@@H](O)CC(=O)N[C@H](C(=O)NCC)C(C)C. The molecule has 0 saturated carbocycles. The highest BCUT2D eigenvalue weighted by Crippen LogP contribution is 2.15. The molecule has 0 aliphatic rings. The first kappa shape index (κ1) is 42.3. The van der Waals surface area contributed by atoms with E-state index in [2.05, 4.69) is 26.6 Å². The molecule has 7 N–H and O–H groups in total. The summed E-state index contributed by atoms with van der Waals surface area (Å²) < 4.78 is 0. The normalized spacial score (nSPS) is 14.9. The molecule has 5 amide bonds. The lowest BCUT2D eigenvalue weighted by atomic mass is 9.95. The second kappa shape index (κ2) is 21.2. The Kier molecular flexibility index (Phi) is 19.5. The summed E-state index contributed by atoms with van der Waals surface area (Å²) >= 11 is 0. The highest BCUT2D eigenvalue weighted by molar-refractivity contribution is 5.98. The maximum absolute atomic E-state index is 13.5. The van der Waals surface area contributed by atoms with Crippen molar-refractivity contribution in [1.29, 1.82) is 0 Å². The van der Waals surface area contributed by atoms with Gasteiger partial charge in [0, 0.05) is 12.1 Å². The average Bonchev–Trinajstić information content (AvgIpc) is 2.97. The van der Waals surface area contributed by atoms with E-state index in [0.717, 1.165) is 0 Å². The van der Waals surface area contributed by atoms with Crippen molar-refractivity contribution >= 4 is 29.5 Å². The van der Waals surface area contributed by atoms with E-state index in [9.17, 15) is 34.2 Å². The van der Waals surface area contributed by atoms with Crippen LogP contribution in [0.1, 0.15) is 105 Å². The Balaban J connectivity index is 0.0000202. The molecule has 262 valence electrons. The molecule has 0 aliphatic heterocycles. The number of aliphatic hydroxyl groups is 1. The fraction of sp³-hybridized carbons (Fsp3) is 0.676. The van der Waals surface area contributed by atoms with Gasteiger partial charge in [0.15, 0.2) is 0 Å². The summed E-state index contributed by atoms with van der Waals surface area (Å²) in [5, 5.41) is 34.4. The van der Waals surface area contributed by atoms with Crippen LogP contribution in [0.15, 0.2) is 24.3 Å². The fourth-order valence-electron chi connectivity index (χ4n) is 4.85. The van der Waals surface area contributed by atoms with Crippen LogP contribution < -0.4 is 26.6 Å². The number of carbonyl (C=O) groups is 5. The Labute approximate surface area is 275 Å². The van der Waals surface area contributed by atoms with Gasteiger partial charge < -0.3 is 36.8 Å². The van der Waals surface area contributed by atoms with Crippen LogP contribution in [0.4, 0.5) is 0 Å². The third-order valence-electron chi connectivity index (χ3n) is 7.65. The van der Waals surface area contributed by atoms with Gasteiger partial charge in [-0.3, -0.25) is 24.0 Å². The smallest absolute Gasteiger partial charge is 0.251 e. The second-order valence-corrected chi connectivity index (χ2v) is 12.4. The van der Waals surface area contributed by atoms with E-state index in [4.69, 9.17) is 0 Å². The molecule has 0 aliphatic carbocycles. The van der Waals surface area contributed by atoms with E-state index in [1.165, 1.54) is 24.3 Å². The molecular formula is C34H59N5O7. The van der Waals surface area contributed by atoms with Crippen molar-refractivity contribution in [2.45, 2.75) is 125 Å². The van der Waals surface area contributed by atoms with Crippen molar-refractivity contribution in [3.63, 3.8) is 0 Å². The number of benzene rings is 1. The van der Waals surface area contributed by atoms with E-state index < -0.39 is 53.9 Å². The summed E-state index contributed by atoms with van der Waals surface area (Å²) in [6, 6.07) is 2.24. The Hall–Kier alpha value is -3.67. The summed E-state index contributed by atoms with van der Waals surface area (Å²) in [7, 11) is 0. The number of hydrogen-bond acceptors (Lipinski definition) is 7. The molecule has 1 aromatic carbocycles. The van der Waals surface area contributed by atoms with Gasteiger partial charge in [-0.2, -0.15) is 0 Å². The maximum atomic E-state index is 13.5. The molecule has 0 aromatic heterocycles. The zero-order chi connectivity index (χ0) is 34.3. The number of phenols is 1. The quantitative estimate of drug-likeness (QED) is 0.120. The number of aliphatic hydroxyl groups excluding tert-OH is 1. The highest BCUT2D eigenvalue weighted by Gasteiger charge is 2.33. The molecular weight excluding hydrogens is 590 g/mol. The Morgan fingerprint density at radius 2 is 1.39 bits per heavy atom. The fourth-order valence-corrected chi connectivity index (χ4v) is 4.85. The molecule has 0 bridgehead atoms. The van der Waals surface area contributed by atoms with Gasteiger partial charge in [-0.25, -0.2) is 0 Å². The first-order valence-corrected chi connectivity index (χ1v) is 16.1. The van der Waals surface area contributed by atoms with E-state index >= 15 is 0 Å². The summed E-state index contributed by atoms with van der Waals surface area (Å²) in [6.07, 6.45) is 0.266. The van der Waals surface area contributed by atoms with Gasteiger partial charge in [-0.05, 0) is 61.8 Å². The van der Waals surface area contributed by atoms with Crippen LogP contribution in [-0.4, -0.2) is 76.6 Å². The lowest BCUT2D eigenvalue weighted by Crippen LogP contribution is -2.58. The van der Waals surface area contributed by atoms with Crippen LogP contribution >= 0.6 is 0 Å². The number of hydrogen-bond donors (Lipinski definition) is 7. The summed E-state index contributed by atoms with van der Waals surface area (Å²) in [4.78, 5) is 65.1.